The van der Waals surface area contributed by atoms with E-state index in [0.717, 1.165) is 95.8 Å². The van der Waals surface area contributed by atoms with Crippen LogP contribution < -0.4 is 0 Å². The first-order valence-corrected chi connectivity index (χ1v) is 45.1. The third-order valence-corrected chi connectivity index (χ3v) is 20.9. The first-order valence-electron chi connectivity index (χ1n) is 42.1. The van der Waals surface area contributed by atoms with Crippen molar-refractivity contribution in [2.24, 2.45) is 5.92 Å². The van der Waals surface area contributed by atoms with E-state index >= 15 is 0 Å². The highest BCUT2D eigenvalue weighted by molar-refractivity contribution is 7.47. The van der Waals surface area contributed by atoms with E-state index in [2.05, 4.69) is 34.6 Å². The zero-order valence-corrected chi connectivity index (χ0v) is 67.1. The number of esters is 4. The molecule has 0 heterocycles. The first kappa shape index (κ1) is 98.1. The number of rotatable bonds is 81. The third-order valence-electron chi connectivity index (χ3n) is 19.0. The summed E-state index contributed by atoms with van der Waals surface area (Å²) < 4.78 is 68.7. The highest BCUT2D eigenvalue weighted by Gasteiger charge is 2.30. The molecule has 0 aromatic rings. The maximum atomic E-state index is 13.1. The maximum Gasteiger partial charge on any atom is 0.472 e. The molecule has 5 atom stereocenters. The minimum Gasteiger partial charge on any atom is -0.462 e. The van der Waals surface area contributed by atoms with Crippen molar-refractivity contribution in [1.29, 1.82) is 0 Å². The van der Waals surface area contributed by atoms with Crippen molar-refractivity contribution in [3.05, 3.63) is 0 Å². The largest absolute Gasteiger partial charge is 0.472 e. The standard InChI is InChI=1S/C81H158O17P2/c1-6-9-12-15-18-21-24-26-31-36-40-45-50-55-60-65-79(84)92-71-77(98-81(86)67-62-57-52-47-42-37-33-30-28-27-29-32-35-39-43-48-53-58-63-74(4)5)73-96-100(89,90)94-69-75(82)68-93-99(87,88)95-72-76(70-91-78(83)64-59-54-49-44-38-23-20-17-14-11-8-3)97-80(85)66-61-56-51-46-41-34-25-22-19-16-13-10-7-2/h74-77,82H,6-73H2,1-5H3,(H,87,88)(H,89,90)/t75-,76+,77+/m0/s1. The number of phosphoric ester groups is 2. The average molecular weight is 1470 g/mol. The highest BCUT2D eigenvalue weighted by atomic mass is 31.2. The predicted octanol–water partition coefficient (Wildman–Crippen LogP) is 24.4. The topological polar surface area (TPSA) is 237 Å². The molecule has 19 heteroatoms. The van der Waals surface area contributed by atoms with Crippen LogP contribution in [-0.4, -0.2) is 96.7 Å². The molecule has 0 rings (SSSR count). The molecule has 0 aliphatic carbocycles. The number of carbonyl (C=O) groups is 4. The van der Waals surface area contributed by atoms with Gasteiger partial charge in [0.05, 0.1) is 26.4 Å². The van der Waals surface area contributed by atoms with Gasteiger partial charge in [-0.05, 0) is 31.6 Å². The quantitative estimate of drug-likeness (QED) is 0.0222. The minimum atomic E-state index is -4.96. The molecule has 3 N–H and O–H groups in total. The second-order valence-electron chi connectivity index (χ2n) is 29.6. The van der Waals surface area contributed by atoms with Crippen molar-refractivity contribution >= 4 is 39.5 Å². The van der Waals surface area contributed by atoms with E-state index in [4.69, 9.17) is 37.0 Å². The van der Waals surface area contributed by atoms with Gasteiger partial charge < -0.3 is 33.8 Å². The van der Waals surface area contributed by atoms with E-state index < -0.39 is 97.5 Å². The van der Waals surface area contributed by atoms with Crippen LogP contribution in [0.4, 0.5) is 0 Å². The number of unbranched alkanes of at least 4 members (excludes halogenated alkanes) is 53. The molecular weight excluding hydrogens is 1310 g/mol. The molecule has 0 radical (unpaired) electrons. The fraction of sp³-hybridized carbons (Fsp3) is 0.951. The molecule has 0 amide bonds. The Balaban J connectivity index is 5.22. The minimum absolute atomic E-state index is 0.108. The van der Waals surface area contributed by atoms with E-state index in [0.29, 0.717) is 25.7 Å². The zero-order chi connectivity index (χ0) is 73.4. The summed E-state index contributed by atoms with van der Waals surface area (Å²) in [7, 11) is -9.92. The molecule has 0 saturated heterocycles. The van der Waals surface area contributed by atoms with Crippen LogP contribution in [0.15, 0.2) is 0 Å². The molecule has 0 aliphatic heterocycles. The van der Waals surface area contributed by atoms with Crippen LogP contribution in [0.5, 0.6) is 0 Å². The molecule has 0 fully saturated rings. The van der Waals surface area contributed by atoms with Gasteiger partial charge in [0, 0.05) is 25.7 Å². The van der Waals surface area contributed by atoms with Gasteiger partial charge in [-0.25, -0.2) is 9.13 Å². The summed E-state index contributed by atoms with van der Waals surface area (Å²) in [5, 5.41) is 10.6. The monoisotopic (exact) mass is 1470 g/mol. The van der Waals surface area contributed by atoms with E-state index in [9.17, 15) is 43.2 Å². The lowest BCUT2D eigenvalue weighted by Gasteiger charge is -2.21. The van der Waals surface area contributed by atoms with Crippen LogP contribution in [0.3, 0.4) is 0 Å². The van der Waals surface area contributed by atoms with Gasteiger partial charge in [0.1, 0.15) is 19.3 Å². The second-order valence-corrected chi connectivity index (χ2v) is 32.5. The average Bonchev–Trinajstić information content (AvgIpc) is 1.06. The van der Waals surface area contributed by atoms with Gasteiger partial charge in [0.2, 0.25) is 0 Å². The number of phosphoric acid groups is 2. The first-order chi connectivity index (χ1) is 48.5. The van der Waals surface area contributed by atoms with Gasteiger partial charge in [-0.1, -0.05) is 381 Å². The SMILES string of the molecule is CCCCCCCCCCCCCCCCCC(=O)OC[C@H](COP(=O)(O)OC[C@@H](O)COP(=O)(O)OC[C@@H](COC(=O)CCCCCCCCCCCCC)OC(=O)CCCCCCCCCCCCCCC)OC(=O)CCCCCCCCCCCCCCCCCCCCC(C)C. The number of hydrogen-bond donors (Lipinski definition) is 3. The van der Waals surface area contributed by atoms with Crippen molar-refractivity contribution in [2.75, 3.05) is 39.6 Å². The number of carbonyl (C=O) groups excluding carboxylic acids is 4. The van der Waals surface area contributed by atoms with Crippen LogP contribution in [0.2, 0.25) is 0 Å². The van der Waals surface area contributed by atoms with Gasteiger partial charge >= 0.3 is 39.5 Å². The Morgan fingerprint density at radius 1 is 0.270 bits per heavy atom. The Kier molecular flexibility index (Phi) is 72.5. The summed E-state index contributed by atoms with van der Waals surface area (Å²) in [6, 6.07) is 0. The van der Waals surface area contributed by atoms with E-state index in [1.807, 2.05) is 0 Å². The highest BCUT2D eigenvalue weighted by Crippen LogP contribution is 2.45. The fourth-order valence-electron chi connectivity index (χ4n) is 12.6. The van der Waals surface area contributed by atoms with Crippen LogP contribution in [-0.2, 0) is 65.4 Å². The number of aliphatic hydroxyl groups is 1. The Labute approximate surface area is 613 Å². The number of hydrogen-bond acceptors (Lipinski definition) is 15. The van der Waals surface area contributed by atoms with E-state index in [1.54, 1.807) is 0 Å². The molecule has 0 aromatic carbocycles. The molecule has 100 heavy (non-hydrogen) atoms. The van der Waals surface area contributed by atoms with E-state index in [1.165, 1.54) is 257 Å². The fourth-order valence-corrected chi connectivity index (χ4v) is 14.2. The normalized spacial score (nSPS) is 13.8. The van der Waals surface area contributed by atoms with Crippen molar-refractivity contribution in [3.8, 4) is 0 Å². The summed E-state index contributed by atoms with van der Waals surface area (Å²) >= 11 is 0. The molecule has 0 aromatic heterocycles. The molecular formula is C81H158O17P2. The van der Waals surface area contributed by atoms with Crippen LogP contribution in [0.25, 0.3) is 0 Å². The third kappa shape index (κ3) is 74.3. The summed E-state index contributed by atoms with van der Waals surface area (Å²) in [6.45, 7) is 7.37. The number of ether oxygens (including phenoxy) is 4. The van der Waals surface area contributed by atoms with Gasteiger partial charge in [0.25, 0.3) is 0 Å². The Morgan fingerprint density at radius 3 is 0.680 bits per heavy atom. The molecule has 17 nitrogen and oxygen atoms in total. The lowest BCUT2D eigenvalue weighted by molar-refractivity contribution is -0.161. The predicted molar refractivity (Wildman–Crippen MR) is 409 cm³/mol. The summed E-state index contributed by atoms with van der Waals surface area (Å²) in [5.74, 6) is -1.28. The van der Waals surface area contributed by atoms with Crippen LogP contribution in [0.1, 0.15) is 433 Å². The van der Waals surface area contributed by atoms with Crippen molar-refractivity contribution in [3.63, 3.8) is 0 Å². The van der Waals surface area contributed by atoms with Crippen molar-refractivity contribution in [1.82, 2.24) is 0 Å². The van der Waals surface area contributed by atoms with E-state index in [-0.39, 0.29) is 25.7 Å². The maximum absolute atomic E-state index is 13.1. The summed E-state index contributed by atoms with van der Waals surface area (Å²) in [5.41, 5.74) is 0. The molecule has 0 aliphatic rings. The van der Waals surface area contributed by atoms with Crippen molar-refractivity contribution in [2.45, 2.75) is 451 Å². The van der Waals surface area contributed by atoms with Gasteiger partial charge in [-0.15, -0.1) is 0 Å². The lowest BCUT2D eigenvalue weighted by atomic mass is 10.0. The van der Waals surface area contributed by atoms with Crippen LogP contribution >= 0.6 is 15.6 Å². The summed E-state index contributed by atoms with van der Waals surface area (Å²) in [4.78, 5) is 73.0. The van der Waals surface area contributed by atoms with Crippen molar-refractivity contribution < 1.29 is 80.2 Å². The number of aliphatic hydroxyl groups excluding tert-OH is 1. The molecule has 594 valence electrons. The van der Waals surface area contributed by atoms with Gasteiger partial charge in [0.15, 0.2) is 12.2 Å². The molecule has 0 bridgehead atoms. The smallest absolute Gasteiger partial charge is 0.462 e. The molecule has 0 spiro atoms. The Bertz CT molecular complexity index is 1910. The Hall–Kier alpha value is -1.94. The summed E-state index contributed by atoms with van der Waals surface area (Å²) in [6.07, 6.45) is 65.1. The Morgan fingerprint density at radius 2 is 0.460 bits per heavy atom. The lowest BCUT2D eigenvalue weighted by Crippen LogP contribution is -2.30. The second kappa shape index (κ2) is 73.9. The van der Waals surface area contributed by atoms with Gasteiger partial charge in [-0.3, -0.25) is 37.3 Å². The van der Waals surface area contributed by atoms with Crippen LogP contribution in [0, 0.1) is 5.92 Å². The molecule has 0 saturated carbocycles. The van der Waals surface area contributed by atoms with Gasteiger partial charge in [-0.2, -0.15) is 0 Å². The molecule has 2 unspecified atom stereocenters. The zero-order valence-electron chi connectivity index (χ0n) is 65.3.